The summed E-state index contributed by atoms with van der Waals surface area (Å²) in [5.41, 5.74) is -1.20. The number of amides is 1. The number of halogens is 4. The standard InChI is InChI=1S/C20H19BrF3NO4/c1-19(10-28-17(29-11-19)12-3-5-13(21)6-4-12)18(26)25-14-7-8-16(27-2)15(9-14)20(22,23)24/h3-9,17H,10-11H2,1-2H3,(H,25,26). The molecular formula is C20H19BrF3NO4. The molecule has 1 aliphatic heterocycles. The molecule has 0 spiro atoms. The highest BCUT2D eigenvalue weighted by Gasteiger charge is 2.40. The number of alkyl halides is 3. The highest BCUT2D eigenvalue weighted by molar-refractivity contribution is 9.10. The summed E-state index contributed by atoms with van der Waals surface area (Å²) in [5, 5.41) is 2.52. The first-order valence-corrected chi connectivity index (χ1v) is 9.47. The Labute approximate surface area is 174 Å². The number of benzene rings is 2. The van der Waals surface area contributed by atoms with Crippen LogP contribution in [0.5, 0.6) is 5.75 Å². The second-order valence-electron chi connectivity index (χ2n) is 6.93. The van der Waals surface area contributed by atoms with Gasteiger partial charge in [-0.3, -0.25) is 4.79 Å². The van der Waals surface area contributed by atoms with Gasteiger partial charge in [0, 0.05) is 15.7 Å². The predicted molar refractivity (Wildman–Crippen MR) is 104 cm³/mol. The van der Waals surface area contributed by atoms with Gasteiger partial charge in [-0.15, -0.1) is 0 Å². The fourth-order valence-corrected chi connectivity index (χ4v) is 3.11. The summed E-state index contributed by atoms with van der Waals surface area (Å²) in [6.07, 6.45) is -5.22. The largest absolute Gasteiger partial charge is 0.496 e. The number of hydrogen-bond acceptors (Lipinski definition) is 4. The van der Waals surface area contributed by atoms with E-state index in [0.717, 1.165) is 29.3 Å². The maximum atomic E-state index is 13.2. The maximum Gasteiger partial charge on any atom is 0.420 e. The molecule has 1 saturated heterocycles. The van der Waals surface area contributed by atoms with Crippen molar-refractivity contribution in [2.45, 2.75) is 19.4 Å². The second kappa shape index (κ2) is 8.33. The molecule has 0 unspecified atom stereocenters. The highest BCUT2D eigenvalue weighted by atomic mass is 79.9. The van der Waals surface area contributed by atoms with Crippen LogP contribution >= 0.6 is 15.9 Å². The van der Waals surface area contributed by atoms with Crippen LogP contribution in [0.1, 0.15) is 24.3 Å². The van der Waals surface area contributed by atoms with E-state index >= 15 is 0 Å². The third-order valence-corrected chi connectivity index (χ3v) is 5.09. The van der Waals surface area contributed by atoms with E-state index < -0.39 is 29.4 Å². The molecule has 0 saturated carbocycles. The van der Waals surface area contributed by atoms with Crippen molar-refractivity contribution in [3.8, 4) is 5.75 Å². The van der Waals surface area contributed by atoms with E-state index in [1.54, 1.807) is 6.92 Å². The summed E-state index contributed by atoms with van der Waals surface area (Å²) in [4.78, 5) is 12.7. The van der Waals surface area contributed by atoms with E-state index in [2.05, 4.69) is 21.2 Å². The average molecular weight is 474 g/mol. The first-order valence-electron chi connectivity index (χ1n) is 8.68. The molecule has 1 aliphatic rings. The molecule has 0 aliphatic carbocycles. The topological polar surface area (TPSA) is 56.8 Å². The van der Waals surface area contributed by atoms with Gasteiger partial charge >= 0.3 is 6.18 Å². The van der Waals surface area contributed by atoms with Crippen LogP contribution in [0, 0.1) is 5.41 Å². The summed E-state index contributed by atoms with van der Waals surface area (Å²) in [7, 11) is 1.16. The van der Waals surface area contributed by atoms with E-state index in [1.165, 1.54) is 6.07 Å². The molecular weight excluding hydrogens is 455 g/mol. The van der Waals surface area contributed by atoms with Crippen molar-refractivity contribution in [2.24, 2.45) is 5.41 Å². The Morgan fingerprint density at radius 3 is 2.34 bits per heavy atom. The first kappa shape index (κ1) is 21.6. The number of methoxy groups -OCH3 is 1. The van der Waals surface area contributed by atoms with Crippen molar-refractivity contribution in [2.75, 3.05) is 25.6 Å². The van der Waals surface area contributed by atoms with Crippen LogP contribution in [0.2, 0.25) is 0 Å². The molecule has 2 aromatic carbocycles. The zero-order valence-corrected chi connectivity index (χ0v) is 17.3. The first-order chi connectivity index (χ1) is 13.6. The monoisotopic (exact) mass is 473 g/mol. The number of anilines is 1. The Kier molecular flexibility index (Phi) is 6.21. The summed E-state index contributed by atoms with van der Waals surface area (Å²) < 4.78 is 56.6. The minimum Gasteiger partial charge on any atom is -0.496 e. The van der Waals surface area contributed by atoms with Gasteiger partial charge in [0.25, 0.3) is 0 Å². The van der Waals surface area contributed by atoms with Crippen LogP contribution in [-0.4, -0.2) is 26.2 Å². The lowest BCUT2D eigenvalue weighted by molar-refractivity contribution is -0.226. The molecule has 1 fully saturated rings. The van der Waals surface area contributed by atoms with Crippen molar-refractivity contribution in [1.29, 1.82) is 0 Å². The van der Waals surface area contributed by atoms with Gasteiger partial charge in [-0.25, -0.2) is 0 Å². The van der Waals surface area contributed by atoms with Gasteiger partial charge in [-0.1, -0.05) is 28.1 Å². The second-order valence-corrected chi connectivity index (χ2v) is 7.85. The molecule has 0 radical (unpaired) electrons. The third kappa shape index (κ3) is 4.91. The SMILES string of the molecule is COc1ccc(NC(=O)C2(C)COC(c3ccc(Br)cc3)OC2)cc1C(F)(F)F. The molecule has 1 heterocycles. The Bertz CT molecular complexity index is 878. The van der Waals surface area contributed by atoms with Gasteiger partial charge in [0.1, 0.15) is 5.75 Å². The normalized spacial score (nSPS) is 22.2. The van der Waals surface area contributed by atoms with Crippen molar-refractivity contribution in [3.05, 3.63) is 58.1 Å². The van der Waals surface area contributed by atoms with Crippen molar-refractivity contribution >= 4 is 27.5 Å². The van der Waals surface area contributed by atoms with Gasteiger partial charge in [-0.05, 0) is 37.3 Å². The lowest BCUT2D eigenvalue weighted by atomic mass is 9.90. The molecule has 9 heteroatoms. The fourth-order valence-electron chi connectivity index (χ4n) is 2.84. The van der Waals surface area contributed by atoms with Gasteiger partial charge in [-0.2, -0.15) is 13.2 Å². The molecule has 29 heavy (non-hydrogen) atoms. The molecule has 1 N–H and O–H groups in total. The van der Waals surface area contributed by atoms with Crippen molar-refractivity contribution in [3.63, 3.8) is 0 Å². The lowest BCUT2D eigenvalue weighted by Gasteiger charge is -2.36. The number of nitrogens with one attached hydrogen (secondary N) is 1. The molecule has 0 atom stereocenters. The Morgan fingerprint density at radius 2 is 1.79 bits per heavy atom. The fraction of sp³-hybridized carbons (Fsp3) is 0.350. The van der Waals surface area contributed by atoms with Crippen molar-refractivity contribution < 1.29 is 32.2 Å². The van der Waals surface area contributed by atoms with Crippen LogP contribution in [-0.2, 0) is 20.4 Å². The molecule has 3 rings (SSSR count). The Balaban J connectivity index is 1.69. The molecule has 5 nitrogen and oxygen atoms in total. The van der Waals surface area contributed by atoms with Gasteiger partial charge in [0.2, 0.25) is 5.91 Å². The molecule has 0 bridgehead atoms. The quantitative estimate of drug-likeness (QED) is 0.665. The van der Waals surface area contributed by atoms with E-state index in [0.29, 0.717) is 0 Å². The van der Waals surface area contributed by atoms with Crippen LogP contribution in [0.4, 0.5) is 18.9 Å². The maximum absolute atomic E-state index is 13.2. The third-order valence-electron chi connectivity index (χ3n) is 4.56. The average Bonchev–Trinajstić information content (AvgIpc) is 2.68. The van der Waals surface area contributed by atoms with Crippen LogP contribution < -0.4 is 10.1 Å². The Morgan fingerprint density at radius 1 is 1.17 bits per heavy atom. The van der Waals surface area contributed by atoms with Gasteiger partial charge in [0.05, 0.1) is 31.3 Å². The molecule has 156 valence electrons. The van der Waals surface area contributed by atoms with E-state index in [1.807, 2.05) is 24.3 Å². The number of hydrogen-bond donors (Lipinski definition) is 1. The highest BCUT2D eigenvalue weighted by Crippen LogP contribution is 2.38. The molecule has 2 aromatic rings. The smallest absolute Gasteiger partial charge is 0.420 e. The number of carbonyl (C=O) groups excluding carboxylic acids is 1. The van der Waals surface area contributed by atoms with Crippen LogP contribution in [0.15, 0.2) is 46.9 Å². The number of ether oxygens (including phenoxy) is 3. The summed E-state index contributed by atoms with van der Waals surface area (Å²) in [6, 6.07) is 10.7. The lowest BCUT2D eigenvalue weighted by Crippen LogP contribution is -2.45. The zero-order valence-electron chi connectivity index (χ0n) is 15.7. The van der Waals surface area contributed by atoms with Crippen LogP contribution in [0.3, 0.4) is 0 Å². The van der Waals surface area contributed by atoms with E-state index in [9.17, 15) is 18.0 Å². The minimum atomic E-state index is -4.61. The van der Waals surface area contributed by atoms with E-state index in [4.69, 9.17) is 14.2 Å². The molecule has 1 amide bonds. The van der Waals surface area contributed by atoms with Gasteiger partial charge in [0.15, 0.2) is 6.29 Å². The van der Waals surface area contributed by atoms with Crippen molar-refractivity contribution in [1.82, 2.24) is 0 Å². The number of carbonyl (C=O) groups is 1. The summed E-state index contributed by atoms with van der Waals surface area (Å²) in [6.45, 7) is 1.75. The number of rotatable bonds is 4. The Hall–Kier alpha value is -2.10. The van der Waals surface area contributed by atoms with Gasteiger partial charge < -0.3 is 19.5 Å². The molecule has 0 aromatic heterocycles. The zero-order chi connectivity index (χ0) is 21.2. The van der Waals surface area contributed by atoms with E-state index in [-0.39, 0.29) is 24.7 Å². The predicted octanol–water partition coefficient (Wildman–Crippen LogP) is 5.17. The minimum absolute atomic E-state index is 0.0133. The van der Waals surface area contributed by atoms with Crippen LogP contribution in [0.25, 0.3) is 0 Å². The summed E-state index contributed by atoms with van der Waals surface area (Å²) in [5.74, 6) is -0.812. The summed E-state index contributed by atoms with van der Waals surface area (Å²) >= 11 is 3.35.